The van der Waals surface area contributed by atoms with E-state index in [2.05, 4.69) is 42.5 Å². The lowest BCUT2D eigenvalue weighted by atomic mass is 9.97. The first kappa shape index (κ1) is 31.7. The minimum atomic E-state index is -0.322. The number of amides is 2. The van der Waals surface area contributed by atoms with E-state index in [1.54, 1.807) is 4.90 Å². The Labute approximate surface area is 283 Å². The van der Waals surface area contributed by atoms with Crippen LogP contribution in [0.25, 0.3) is 0 Å². The summed E-state index contributed by atoms with van der Waals surface area (Å²) >= 11 is 0. The summed E-state index contributed by atoms with van der Waals surface area (Å²) in [6, 6.07) is 34.5. The van der Waals surface area contributed by atoms with Gasteiger partial charge in [0.1, 0.15) is 0 Å². The third kappa shape index (κ3) is 7.33. The molecule has 4 aromatic carbocycles. The van der Waals surface area contributed by atoms with Crippen molar-refractivity contribution in [3.8, 4) is 0 Å². The van der Waals surface area contributed by atoms with Crippen LogP contribution >= 0.6 is 0 Å². The monoisotopic (exact) mass is 637 g/mol. The molecule has 2 saturated heterocycles. The van der Waals surface area contributed by atoms with E-state index in [1.165, 1.54) is 16.7 Å². The summed E-state index contributed by atoms with van der Waals surface area (Å²) in [5, 5.41) is 0. The SMILES string of the molecule is O=C(Cc1ccc(CCc2ccc3c(c2)CC([C@@H]2CCCN2C(=O)Cc2ccccc2)=N3)cc1)[C@@H]1CCCN1C(=O)Cc1ccccc1. The Hall–Kier alpha value is -4.84. The molecule has 48 heavy (non-hydrogen) atoms. The second-order valence-corrected chi connectivity index (χ2v) is 13.5. The number of hydrogen-bond acceptors (Lipinski definition) is 4. The predicted octanol–water partition coefficient (Wildman–Crippen LogP) is 6.68. The maximum atomic E-state index is 13.3. The van der Waals surface area contributed by atoms with Crippen molar-refractivity contribution < 1.29 is 14.4 Å². The van der Waals surface area contributed by atoms with Gasteiger partial charge in [0.05, 0.1) is 30.6 Å². The highest BCUT2D eigenvalue weighted by Crippen LogP contribution is 2.33. The summed E-state index contributed by atoms with van der Waals surface area (Å²) in [6.45, 7) is 1.46. The van der Waals surface area contributed by atoms with E-state index in [1.807, 2.05) is 65.6 Å². The van der Waals surface area contributed by atoms with Crippen LogP contribution in [0.5, 0.6) is 0 Å². The molecule has 4 aromatic rings. The quantitative estimate of drug-likeness (QED) is 0.184. The van der Waals surface area contributed by atoms with Crippen LogP contribution in [0, 0.1) is 0 Å². The van der Waals surface area contributed by atoms with Crippen molar-refractivity contribution in [1.29, 1.82) is 0 Å². The van der Waals surface area contributed by atoms with Gasteiger partial charge in [0.25, 0.3) is 0 Å². The zero-order valence-corrected chi connectivity index (χ0v) is 27.5. The standard InChI is InChI=1S/C42H43N3O3/c46-40(39-14-8-24-45(39)42(48)28-32-11-5-2-6-12-32)26-34-19-16-30(17-20-34)15-18-33-21-22-36-35(25-33)29-37(43-36)38-13-7-23-44(38)41(47)27-31-9-3-1-4-10-31/h1-6,9-12,16-17,19-22,25,38-39H,7-8,13-15,18,23-24,26-29H2/t38-,39-/m0/s1. The molecule has 3 aliphatic heterocycles. The van der Waals surface area contributed by atoms with Crippen LogP contribution in [-0.2, 0) is 52.9 Å². The van der Waals surface area contributed by atoms with Gasteiger partial charge < -0.3 is 9.80 Å². The number of nitrogens with zero attached hydrogens (tertiary/aromatic N) is 3. The molecule has 2 atom stereocenters. The summed E-state index contributed by atoms with van der Waals surface area (Å²) < 4.78 is 0. The molecule has 0 N–H and O–H groups in total. The molecule has 3 heterocycles. The van der Waals surface area contributed by atoms with Crippen LogP contribution in [0.3, 0.4) is 0 Å². The number of hydrogen-bond donors (Lipinski definition) is 0. The number of carbonyl (C=O) groups excluding carboxylic acids is 3. The predicted molar refractivity (Wildman–Crippen MR) is 190 cm³/mol. The summed E-state index contributed by atoms with van der Waals surface area (Å²) in [5.41, 5.74) is 8.97. The van der Waals surface area contributed by atoms with Crippen LogP contribution < -0.4 is 0 Å². The number of ketones is 1. The molecule has 6 nitrogen and oxygen atoms in total. The van der Waals surface area contributed by atoms with E-state index >= 15 is 0 Å². The number of aryl methyl sites for hydroxylation is 2. The van der Waals surface area contributed by atoms with E-state index < -0.39 is 0 Å². The molecule has 0 spiro atoms. The van der Waals surface area contributed by atoms with Gasteiger partial charge in [0.15, 0.2) is 5.78 Å². The Morgan fingerprint density at radius 3 is 1.88 bits per heavy atom. The Morgan fingerprint density at radius 1 is 0.604 bits per heavy atom. The Kier molecular flexibility index (Phi) is 9.60. The molecule has 0 aliphatic carbocycles. The van der Waals surface area contributed by atoms with E-state index in [0.29, 0.717) is 25.8 Å². The van der Waals surface area contributed by atoms with Crippen LogP contribution in [0.15, 0.2) is 108 Å². The molecule has 244 valence electrons. The Bertz CT molecular complexity index is 1800. The lowest BCUT2D eigenvalue weighted by Gasteiger charge is -2.25. The lowest BCUT2D eigenvalue weighted by Crippen LogP contribution is -2.41. The van der Waals surface area contributed by atoms with Gasteiger partial charge in [-0.3, -0.25) is 19.4 Å². The number of rotatable bonds is 11. The van der Waals surface area contributed by atoms with Gasteiger partial charge >= 0.3 is 0 Å². The summed E-state index contributed by atoms with van der Waals surface area (Å²) in [5.74, 6) is 0.353. The van der Waals surface area contributed by atoms with Gasteiger partial charge in [0, 0.05) is 31.6 Å². The maximum Gasteiger partial charge on any atom is 0.227 e. The van der Waals surface area contributed by atoms with Crippen molar-refractivity contribution in [2.75, 3.05) is 13.1 Å². The molecule has 6 heteroatoms. The highest BCUT2D eigenvalue weighted by molar-refractivity contribution is 6.00. The summed E-state index contributed by atoms with van der Waals surface area (Å²) in [4.78, 5) is 48.3. The Balaban J connectivity index is 0.903. The van der Waals surface area contributed by atoms with Crippen molar-refractivity contribution in [3.05, 3.63) is 137 Å². The van der Waals surface area contributed by atoms with Crippen LogP contribution in [0.2, 0.25) is 0 Å². The van der Waals surface area contributed by atoms with Gasteiger partial charge in [-0.1, -0.05) is 97.1 Å². The lowest BCUT2D eigenvalue weighted by molar-refractivity contribution is -0.136. The first-order valence-electron chi connectivity index (χ1n) is 17.5. The summed E-state index contributed by atoms with van der Waals surface area (Å²) in [7, 11) is 0. The van der Waals surface area contributed by atoms with Crippen molar-refractivity contribution >= 4 is 29.0 Å². The van der Waals surface area contributed by atoms with Crippen LogP contribution in [0.4, 0.5) is 5.69 Å². The van der Waals surface area contributed by atoms with Gasteiger partial charge in [-0.15, -0.1) is 0 Å². The number of carbonyl (C=O) groups is 3. The van der Waals surface area contributed by atoms with E-state index in [0.717, 1.165) is 79.6 Å². The van der Waals surface area contributed by atoms with Crippen molar-refractivity contribution in [2.24, 2.45) is 4.99 Å². The first-order chi connectivity index (χ1) is 23.5. The molecular formula is C42H43N3O3. The fraction of sp³-hybridized carbons (Fsp3) is 0.333. The number of likely N-dealkylation sites (tertiary alicyclic amines) is 2. The zero-order chi connectivity index (χ0) is 32.9. The largest absolute Gasteiger partial charge is 0.334 e. The zero-order valence-electron chi connectivity index (χ0n) is 27.5. The number of benzene rings is 4. The van der Waals surface area contributed by atoms with Crippen molar-refractivity contribution in [1.82, 2.24) is 9.80 Å². The molecule has 2 amide bonds. The fourth-order valence-corrected chi connectivity index (χ4v) is 7.61. The van der Waals surface area contributed by atoms with Gasteiger partial charge in [-0.05, 0) is 78.0 Å². The molecule has 0 aromatic heterocycles. The molecule has 0 unspecified atom stereocenters. The van der Waals surface area contributed by atoms with E-state index in [9.17, 15) is 14.4 Å². The normalized spacial score (nSPS) is 18.5. The molecule has 0 radical (unpaired) electrons. The average Bonchev–Trinajstić information content (AvgIpc) is 3.89. The molecule has 7 rings (SSSR count). The molecule has 2 fully saturated rings. The van der Waals surface area contributed by atoms with Crippen LogP contribution in [-0.4, -0.2) is 58.3 Å². The van der Waals surface area contributed by atoms with Crippen molar-refractivity contribution in [3.63, 3.8) is 0 Å². The number of Topliss-reactive ketones (excluding diaryl/α,β-unsaturated/α-hetero) is 1. The summed E-state index contributed by atoms with van der Waals surface area (Å²) in [6.07, 6.45) is 7.39. The minimum absolute atomic E-state index is 0.0381. The minimum Gasteiger partial charge on any atom is -0.334 e. The second kappa shape index (κ2) is 14.5. The Morgan fingerprint density at radius 2 is 1.17 bits per heavy atom. The molecule has 0 bridgehead atoms. The second-order valence-electron chi connectivity index (χ2n) is 13.5. The topological polar surface area (TPSA) is 70.1 Å². The third-order valence-electron chi connectivity index (χ3n) is 10.2. The molecule has 0 saturated carbocycles. The van der Waals surface area contributed by atoms with Crippen molar-refractivity contribution in [2.45, 2.75) is 76.3 Å². The highest BCUT2D eigenvalue weighted by atomic mass is 16.2. The molecule has 3 aliphatic rings. The maximum absolute atomic E-state index is 13.3. The van der Waals surface area contributed by atoms with Gasteiger partial charge in [-0.2, -0.15) is 0 Å². The third-order valence-corrected chi connectivity index (χ3v) is 10.2. The first-order valence-corrected chi connectivity index (χ1v) is 17.5. The van der Waals surface area contributed by atoms with E-state index in [4.69, 9.17) is 4.99 Å². The fourth-order valence-electron chi connectivity index (χ4n) is 7.61. The van der Waals surface area contributed by atoms with Crippen LogP contribution in [0.1, 0.15) is 59.1 Å². The average molecular weight is 638 g/mol. The number of fused-ring (bicyclic) bond motifs is 1. The smallest absolute Gasteiger partial charge is 0.227 e. The van der Waals surface area contributed by atoms with Gasteiger partial charge in [0.2, 0.25) is 11.8 Å². The van der Waals surface area contributed by atoms with E-state index in [-0.39, 0.29) is 29.7 Å². The number of aliphatic imine (C=N–C) groups is 1. The highest BCUT2D eigenvalue weighted by Gasteiger charge is 2.35. The molecular weight excluding hydrogens is 594 g/mol. The van der Waals surface area contributed by atoms with Gasteiger partial charge in [-0.25, -0.2) is 0 Å².